The first-order valence-electron chi connectivity index (χ1n) is 47.9. The van der Waals surface area contributed by atoms with E-state index in [0.29, 0.717) is 135 Å². The second kappa shape index (κ2) is 55.1. The zero-order valence-electron chi connectivity index (χ0n) is 81.4. The van der Waals surface area contributed by atoms with Crippen LogP contribution in [-0.2, 0) is 38.4 Å². The zero-order chi connectivity index (χ0) is 99.1. The molecule has 1 aliphatic rings. The van der Waals surface area contributed by atoms with Crippen LogP contribution in [0.4, 0.5) is 0 Å². The summed E-state index contributed by atoms with van der Waals surface area (Å²) in [5.74, 6) is 8.44. The molecule has 10 aromatic rings. The van der Waals surface area contributed by atoms with Crippen LogP contribution in [0.15, 0.2) is 150 Å². The molecule has 40 heteroatoms. The summed E-state index contributed by atoms with van der Waals surface area (Å²) in [6, 6.07) is 35.9. The van der Waals surface area contributed by atoms with E-state index in [2.05, 4.69) is 142 Å². The van der Waals surface area contributed by atoms with Crippen molar-refractivity contribution in [3.05, 3.63) is 145 Å². The number of allylic oxidation sites excluding steroid dienone is 2. The van der Waals surface area contributed by atoms with Crippen molar-refractivity contribution in [3.8, 4) is 68.5 Å². The summed E-state index contributed by atoms with van der Waals surface area (Å²) in [4.78, 5) is 147. The van der Waals surface area contributed by atoms with E-state index in [0.717, 1.165) is 184 Å². The van der Waals surface area contributed by atoms with E-state index in [-0.39, 0.29) is 37.4 Å². The van der Waals surface area contributed by atoms with Gasteiger partial charge in [-0.3, -0.25) is 38.4 Å². The summed E-state index contributed by atoms with van der Waals surface area (Å²) in [5, 5.41) is 28.4. The summed E-state index contributed by atoms with van der Waals surface area (Å²) < 4.78 is 27.2. The number of primary amides is 1. The summed E-state index contributed by atoms with van der Waals surface area (Å²) in [6.07, 6.45) is 13.6. The topological polar surface area (TPSA) is 506 Å². The van der Waals surface area contributed by atoms with Crippen molar-refractivity contribution in [1.29, 1.82) is 0 Å². The molecular weight excluding hydrogens is 1890 g/mol. The van der Waals surface area contributed by atoms with Gasteiger partial charge in [-0.25, -0.2) is 25.8 Å². The largest absolute Gasteiger partial charge is 0.494 e. The Balaban J connectivity index is 0.465. The van der Waals surface area contributed by atoms with Crippen molar-refractivity contribution in [1.82, 2.24) is 115 Å². The number of carbonyl (C=O) groups excluding carboxylic acids is 8. The van der Waals surface area contributed by atoms with Crippen molar-refractivity contribution in [3.63, 3.8) is 0 Å². The van der Waals surface area contributed by atoms with E-state index in [1.807, 2.05) is 142 Å². The number of aromatic nitrogens is 8. The fourth-order valence-corrected chi connectivity index (χ4v) is 15.9. The van der Waals surface area contributed by atoms with Crippen LogP contribution in [-0.4, -0.2) is 301 Å². The number of nitrogens with zero attached hydrogens (tertiary/aromatic N) is 11. The Morgan fingerprint density at radius 2 is 0.892 bits per heavy atom. The van der Waals surface area contributed by atoms with Crippen LogP contribution in [0.3, 0.4) is 0 Å². The third kappa shape index (κ3) is 35.5. The number of carbonyl (C=O) groups is 8. The van der Waals surface area contributed by atoms with Crippen LogP contribution in [0.1, 0.15) is 117 Å². The Kier molecular flexibility index (Phi) is 42.2. The van der Waals surface area contributed by atoms with Gasteiger partial charge in [-0.2, -0.15) is 5.53 Å². The predicted molar refractivity (Wildman–Crippen MR) is 546 cm³/mol. The van der Waals surface area contributed by atoms with E-state index in [9.17, 15) is 38.4 Å². The lowest BCUT2D eigenvalue weighted by molar-refractivity contribution is -0.215. The number of aromatic amines is 4. The molecule has 0 aliphatic heterocycles. The quantitative estimate of drug-likeness (QED) is 0.00444. The van der Waals surface area contributed by atoms with Gasteiger partial charge < -0.3 is 120 Å². The van der Waals surface area contributed by atoms with Crippen LogP contribution in [0, 0.1) is 5.92 Å². The molecule has 1 aliphatic carbocycles. The summed E-state index contributed by atoms with van der Waals surface area (Å²) in [5.41, 5.74) is 23.6. The number of hydrogen-bond donors (Lipinski definition) is 16. The predicted octanol–water partition coefficient (Wildman–Crippen LogP) is 7.28. The van der Waals surface area contributed by atoms with Crippen molar-refractivity contribution >= 4 is 114 Å². The molecule has 1 saturated carbocycles. The minimum Gasteiger partial charge on any atom is -0.494 e. The Morgan fingerprint density at radius 1 is 0.475 bits per heavy atom. The smallest absolute Gasteiger partial charge is 0.242 e. The number of hydrazine groups is 1. The number of fused-ring (bicyclic) bond motifs is 4. The number of amides is 8. The van der Waals surface area contributed by atoms with E-state index in [1.165, 1.54) is 30.7 Å². The fourth-order valence-electron chi connectivity index (χ4n) is 15.5. The van der Waals surface area contributed by atoms with Gasteiger partial charge in [0.1, 0.15) is 70.1 Å². The Labute approximate surface area is 825 Å². The molecule has 39 nitrogen and oxygen atoms in total. The van der Waals surface area contributed by atoms with Gasteiger partial charge in [-0.1, -0.05) is 48.5 Å². The number of benzene rings is 6. The number of rotatable bonds is 64. The first-order valence-corrected chi connectivity index (χ1v) is 49.0. The molecule has 748 valence electrons. The van der Waals surface area contributed by atoms with E-state index >= 15 is 0 Å². The minimum atomic E-state index is -1.07. The highest BCUT2D eigenvalue weighted by Gasteiger charge is 2.47. The second-order valence-electron chi connectivity index (χ2n) is 35.9. The number of halogens is 1. The number of nitrogens with one attached hydrogen (secondary N) is 13. The molecule has 19 N–H and O–H groups in total. The van der Waals surface area contributed by atoms with Gasteiger partial charge in [0.25, 0.3) is 0 Å². The fraction of sp³-hybridized carbons (Fsp3) is 0.475. The Morgan fingerprint density at radius 3 is 1.31 bits per heavy atom. The van der Waals surface area contributed by atoms with Crippen LogP contribution >= 0.6 is 22.9 Å². The lowest BCUT2D eigenvalue weighted by Gasteiger charge is -2.23. The maximum Gasteiger partial charge on any atom is 0.242 e. The lowest BCUT2D eigenvalue weighted by atomic mass is 10.1. The summed E-state index contributed by atoms with van der Waals surface area (Å²) in [7, 11) is 12.3. The monoisotopic (exact) mass is 2030 g/mol. The molecule has 4 heterocycles. The van der Waals surface area contributed by atoms with Crippen molar-refractivity contribution in [2.45, 2.75) is 141 Å². The second-order valence-corrected chi connectivity index (χ2v) is 36.4. The first kappa shape index (κ1) is 107. The van der Waals surface area contributed by atoms with Gasteiger partial charge >= 0.3 is 0 Å². The Bertz CT molecular complexity index is 5740. The number of hydrogen-bond acceptors (Lipinski definition) is 26. The highest BCUT2D eigenvalue weighted by atomic mass is 127. The van der Waals surface area contributed by atoms with Gasteiger partial charge in [0.15, 0.2) is 0 Å². The molecule has 0 spiro atoms. The molecule has 139 heavy (non-hydrogen) atoms. The van der Waals surface area contributed by atoms with Gasteiger partial charge in [0.2, 0.25) is 47.3 Å². The molecule has 6 aromatic carbocycles. The average molecular weight is 2030 g/mol. The normalized spacial score (nSPS) is 13.9. The standard InChI is InChI=1S/C99H138IN27O12/c1-65(108-91(131)62-105-41-16-40-104-61-72(121-102)20-10-12-46-124(8)50-42-106-89(129)22-14-52-136-74-32-36-79-84(56-74)115-92(111-79)68-24-28-70(29-25-68)94-113-81-38-34-76(58-86(81)117-94)138-54-18-44-122(4)5)96(132)109-66(2)97(133)110-67(3)98(134)119-83-60-78(83)99(135)126(64-88(101)128)48-17-49-127(103)63-73(120-100)21-11-13-47-125(9)51-43-107-90(130)23-15-53-137-75-33-37-80-85(57-75)116-93(112-80)69-26-30-71(31-27-69)95-114-82-39-35-77(59-87(82)118-95)139-55-19-45-123(6)7/h24-39,56-59,61,63,65-67,78,83,102,104-105,120H,10-23,40-55,60,62,64,103H2,1-9H3,(H2,101,128)(H,106,129)(H,107,130)(H,108,131)(H,109,132)(H,110,133)(H,111,115)(H,112,116)(H,113,117)(H,114,118)(H,119,134)/p+1/b72-61-,73-63-,121-102?/t65-,66-,67-,78+,83?/m1/s1. The molecule has 0 saturated heterocycles. The lowest BCUT2D eigenvalue weighted by Crippen LogP contribution is -2.55. The zero-order valence-corrected chi connectivity index (χ0v) is 83.5. The highest BCUT2D eigenvalue weighted by molar-refractivity contribution is 14.1. The third-order valence-electron chi connectivity index (χ3n) is 23.5. The molecule has 1 unspecified atom stereocenters. The van der Waals surface area contributed by atoms with E-state index in [1.54, 1.807) is 6.20 Å². The number of H-pyrrole nitrogens is 4. The van der Waals surface area contributed by atoms with Gasteiger partial charge in [-0.15, -0.1) is 0 Å². The van der Waals surface area contributed by atoms with Crippen molar-refractivity contribution in [2.24, 2.45) is 22.6 Å². The Hall–Kier alpha value is -12.9. The highest BCUT2D eigenvalue weighted by Crippen LogP contribution is 2.34. The maximum atomic E-state index is 13.7. The molecule has 5 atom stereocenters. The molecular formula is C99H139IN27O12+. The van der Waals surface area contributed by atoms with Gasteiger partial charge in [0.05, 0.1) is 112 Å². The van der Waals surface area contributed by atoms with Gasteiger partial charge in [-0.05, 0) is 220 Å². The van der Waals surface area contributed by atoms with E-state index in [4.69, 9.17) is 56.0 Å². The minimum absolute atomic E-state index is 0.0298. The number of unbranched alkanes of at least 4 members (excludes halogenated alkanes) is 2. The van der Waals surface area contributed by atoms with E-state index < -0.39 is 59.6 Å². The molecule has 1 fully saturated rings. The molecule has 0 bridgehead atoms. The number of ether oxygens (including phenoxy) is 4. The van der Waals surface area contributed by atoms with Gasteiger partial charge in [0, 0.05) is 142 Å². The number of nitrogens with two attached hydrogens (primary N) is 3. The van der Waals surface area contributed by atoms with Crippen molar-refractivity contribution in [2.75, 3.05) is 160 Å². The number of likely N-dealkylation sites (N-methyl/N-ethyl adjacent to an activating group) is 2. The SMILES string of the molecule is C[C@@H](NC(=O)CNCCCN/C=C(/CCCCN(C)CCNC(=O)CCCOc1ccc2[nH]c(-c3ccc(-c4nc5cc(OCCCN(C)C)ccc5[nH]4)cc3)nc2c1)N=[NH2+])C(=O)N[C@H](C)C(=O)N[C@H](C)C(=O)NC1C[C@@H]1C(=O)N(CCCN(N)/C=C(/CCCCN(C)CCNC(=O)CCCOc1ccc2[nH]c(-c3ccc(-c4nc5cc(OCCCN(C)C)ccc5[nH]4)cc3)nc2c1)NI)CC(N)=O. The first-order chi connectivity index (χ1) is 67.1. The maximum absolute atomic E-state index is 13.7. The third-order valence-corrected chi connectivity index (χ3v) is 24.2. The van der Waals surface area contributed by atoms with Crippen LogP contribution in [0.25, 0.3) is 89.7 Å². The molecule has 4 aromatic heterocycles. The summed E-state index contributed by atoms with van der Waals surface area (Å²) >= 11 is 2.07. The average Bonchev–Trinajstić information content (AvgIpc) is 1.65. The van der Waals surface area contributed by atoms with Crippen LogP contribution in [0.2, 0.25) is 0 Å². The molecule has 8 amide bonds. The van der Waals surface area contributed by atoms with Crippen molar-refractivity contribution < 1.29 is 62.8 Å². The summed E-state index contributed by atoms with van der Waals surface area (Å²) in [6.45, 7) is 13.7. The number of imidazole rings is 4. The molecule has 11 rings (SSSR count). The molecule has 0 radical (unpaired) electrons. The van der Waals surface area contributed by atoms with Crippen LogP contribution in [0.5, 0.6) is 23.0 Å². The van der Waals surface area contributed by atoms with Crippen LogP contribution < -0.4 is 82.1 Å².